The van der Waals surface area contributed by atoms with E-state index in [0.717, 1.165) is 12.8 Å². The summed E-state index contributed by atoms with van der Waals surface area (Å²) in [4.78, 5) is 10.2. The van der Waals surface area contributed by atoms with Gasteiger partial charge < -0.3 is 10.8 Å². The number of carbonyl (C=O) groups is 1. The number of hydrogen-bond acceptors (Lipinski definition) is 2. The van der Waals surface area contributed by atoms with Gasteiger partial charge in [-0.05, 0) is 30.4 Å². The molecule has 3 N–H and O–H groups in total. The van der Waals surface area contributed by atoms with E-state index in [4.69, 9.17) is 10.8 Å². The molecular formula is C16H27NO2. The summed E-state index contributed by atoms with van der Waals surface area (Å²) in [5, 5.41) is 8.39. The zero-order chi connectivity index (χ0) is 14.7. The highest BCUT2D eigenvalue weighted by atomic mass is 16.4. The van der Waals surface area contributed by atoms with Crippen LogP contribution in [-0.4, -0.2) is 17.6 Å². The van der Waals surface area contributed by atoms with Gasteiger partial charge in [-0.2, -0.15) is 0 Å². The van der Waals surface area contributed by atoms with Gasteiger partial charge in [0.15, 0.2) is 0 Å². The summed E-state index contributed by atoms with van der Waals surface area (Å²) < 4.78 is 0. The Kier molecular flexibility index (Phi) is 9.81. The molecule has 0 saturated heterocycles. The molecule has 1 aromatic carbocycles. The molecule has 0 bridgehead atoms. The van der Waals surface area contributed by atoms with Crippen molar-refractivity contribution >= 4 is 5.97 Å². The molecule has 0 aliphatic heterocycles. The van der Waals surface area contributed by atoms with Crippen LogP contribution < -0.4 is 5.73 Å². The third kappa shape index (κ3) is 9.25. The SMILES string of the molecule is CC(C)c1ccccc1.CCC[C@@H](CN)CC(=O)O. The molecule has 0 amide bonds. The summed E-state index contributed by atoms with van der Waals surface area (Å²) in [7, 11) is 0. The van der Waals surface area contributed by atoms with Crippen LogP contribution in [0.5, 0.6) is 0 Å². The molecule has 0 fully saturated rings. The average Bonchev–Trinajstić information content (AvgIpc) is 2.39. The molecule has 0 saturated carbocycles. The summed E-state index contributed by atoms with van der Waals surface area (Å²) in [6, 6.07) is 10.5. The Bertz CT molecular complexity index is 336. The minimum atomic E-state index is -0.746. The summed E-state index contributed by atoms with van der Waals surface area (Å²) >= 11 is 0. The molecule has 1 rings (SSSR count). The van der Waals surface area contributed by atoms with Gasteiger partial charge in [-0.15, -0.1) is 0 Å². The van der Waals surface area contributed by atoms with Crippen molar-refractivity contribution in [2.75, 3.05) is 6.54 Å². The largest absolute Gasteiger partial charge is 0.481 e. The molecule has 19 heavy (non-hydrogen) atoms. The van der Waals surface area contributed by atoms with Crippen LogP contribution in [0.4, 0.5) is 0 Å². The molecule has 0 aromatic heterocycles. The van der Waals surface area contributed by atoms with Gasteiger partial charge in [0.05, 0.1) is 0 Å². The zero-order valence-electron chi connectivity index (χ0n) is 12.3. The smallest absolute Gasteiger partial charge is 0.303 e. The first-order valence-corrected chi connectivity index (χ1v) is 6.98. The number of carboxylic acids is 1. The van der Waals surface area contributed by atoms with Crippen molar-refractivity contribution in [3.8, 4) is 0 Å². The third-order valence-corrected chi connectivity index (χ3v) is 2.96. The minimum Gasteiger partial charge on any atom is -0.481 e. The second-order valence-electron chi connectivity index (χ2n) is 5.05. The molecule has 0 aliphatic carbocycles. The van der Waals surface area contributed by atoms with E-state index < -0.39 is 5.97 Å². The molecule has 0 heterocycles. The fraction of sp³-hybridized carbons (Fsp3) is 0.562. The maximum absolute atomic E-state index is 10.2. The molecule has 1 aromatic rings. The number of carboxylic acid groups (broad SMARTS) is 1. The fourth-order valence-electron chi connectivity index (χ4n) is 1.80. The van der Waals surface area contributed by atoms with Crippen molar-refractivity contribution in [2.24, 2.45) is 11.7 Å². The predicted molar refractivity (Wildman–Crippen MR) is 80.2 cm³/mol. The van der Waals surface area contributed by atoms with Crippen LogP contribution in [-0.2, 0) is 4.79 Å². The normalized spacial score (nSPS) is 11.6. The first-order valence-electron chi connectivity index (χ1n) is 6.98. The highest BCUT2D eigenvalue weighted by Crippen LogP contribution is 2.11. The Morgan fingerprint density at radius 3 is 2.16 bits per heavy atom. The Hall–Kier alpha value is -1.35. The van der Waals surface area contributed by atoms with Crippen molar-refractivity contribution in [3.63, 3.8) is 0 Å². The van der Waals surface area contributed by atoms with Crippen LogP contribution in [0.25, 0.3) is 0 Å². The molecule has 0 unspecified atom stereocenters. The lowest BCUT2D eigenvalue weighted by Gasteiger charge is -2.08. The third-order valence-electron chi connectivity index (χ3n) is 2.96. The first-order chi connectivity index (χ1) is 9.01. The summed E-state index contributed by atoms with van der Waals surface area (Å²) in [6.45, 7) is 6.93. The number of benzene rings is 1. The lowest BCUT2D eigenvalue weighted by molar-refractivity contribution is -0.138. The maximum Gasteiger partial charge on any atom is 0.303 e. The molecule has 3 heteroatoms. The maximum atomic E-state index is 10.2. The van der Waals surface area contributed by atoms with Crippen molar-refractivity contribution in [3.05, 3.63) is 35.9 Å². The summed E-state index contributed by atoms with van der Waals surface area (Å²) in [5.41, 5.74) is 6.76. The van der Waals surface area contributed by atoms with Crippen LogP contribution in [0.3, 0.4) is 0 Å². The van der Waals surface area contributed by atoms with Crippen LogP contribution in [0.2, 0.25) is 0 Å². The van der Waals surface area contributed by atoms with E-state index >= 15 is 0 Å². The van der Waals surface area contributed by atoms with Crippen molar-refractivity contribution in [1.29, 1.82) is 0 Å². The van der Waals surface area contributed by atoms with Crippen molar-refractivity contribution in [1.82, 2.24) is 0 Å². The number of aliphatic carboxylic acids is 1. The quantitative estimate of drug-likeness (QED) is 0.825. The monoisotopic (exact) mass is 265 g/mol. The molecule has 3 nitrogen and oxygen atoms in total. The van der Waals surface area contributed by atoms with E-state index in [-0.39, 0.29) is 12.3 Å². The van der Waals surface area contributed by atoms with E-state index in [1.807, 2.05) is 13.0 Å². The number of hydrogen-bond donors (Lipinski definition) is 2. The van der Waals surface area contributed by atoms with Gasteiger partial charge in [-0.3, -0.25) is 4.79 Å². The zero-order valence-corrected chi connectivity index (χ0v) is 12.3. The second-order valence-corrected chi connectivity index (χ2v) is 5.05. The van der Waals surface area contributed by atoms with E-state index in [2.05, 4.69) is 38.1 Å². The van der Waals surface area contributed by atoms with E-state index in [0.29, 0.717) is 12.5 Å². The number of nitrogens with two attached hydrogens (primary N) is 1. The molecule has 0 spiro atoms. The van der Waals surface area contributed by atoms with Crippen LogP contribution >= 0.6 is 0 Å². The van der Waals surface area contributed by atoms with Gasteiger partial charge >= 0.3 is 5.97 Å². The molecular weight excluding hydrogens is 238 g/mol. The van der Waals surface area contributed by atoms with Gasteiger partial charge in [0.2, 0.25) is 0 Å². The second kappa shape index (κ2) is 10.6. The Morgan fingerprint density at radius 1 is 1.26 bits per heavy atom. The number of rotatable bonds is 6. The van der Waals surface area contributed by atoms with Crippen LogP contribution in [0.1, 0.15) is 51.5 Å². The molecule has 108 valence electrons. The van der Waals surface area contributed by atoms with Gasteiger partial charge in [-0.25, -0.2) is 0 Å². The minimum absolute atomic E-state index is 0.169. The van der Waals surface area contributed by atoms with Gasteiger partial charge in [0.25, 0.3) is 0 Å². The fourth-order valence-corrected chi connectivity index (χ4v) is 1.80. The van der Waals surface area contributed by atoms with E-state index in [1.54, 1.807) is 0 Å². The highest BCUT2D eigenvalue weighted by Gasteiger charge is 2.09. The Balaban J connectivity index is 0.000000342. The lowest BCUT2D eigenvalue weighted by Crippen LogP contribution is -2.17. The Labute approximate surface area is 116 Å². The van der Waals surface area contributed by atoms with Crippen LogP contribution in [0.15, 0.2) is 30.3 Å². The predicted octanol–water partition coefficient (Wildman–Crippen LogP) is 3.65. The topological polar surface area (TPSA) is 63.3 Å². The summed E-state index contributed by atoms with van der Waals surface area (Å²) in [6.07, 6.45) is 2.14. The lowest BCUT2D eigenvalue weighted by atomic mass is 10.0. The highest BCUT2D eigenvalue weighted by molar-refractivity contribution is 5.67. The first kappa shape index (κ1) is 17.6. The van der Waals surface area contributed by atoms with Gasteiger partial charge in [0.1, 0.15) is 0 Å². The molecule has 0 aliphatic rings. The van der Waals surface area contributed by atoms with Gasteiger partial charge in [0, 0.05) is 6.42 Å². The van der Waals surface area contributed by atoms with E-state index in [9.17, 15) is 4.79 Å². The Morgan fingerprint density at radius 2 is 1.84 bits per heavy atom. The van der Waals surface area contributed by atoms with Crippen LogP contribution in [0, 0.1) is 5.92 Å². The molecule has 1 atom stereocenters. The van der Waals surface area contributed by atoms with Crippen molar-refractivity contribution < 1.29 is 9.90 Å². The van der Waals surface area contributed by atoms with Gasteiger partial charge in [-0.1, -0.05) is 57.5 Å². The standard InChI is InChI=1S/C9H12.C7H15NO2/c1-8(2)9-6-4-3-5-7-9;1-2-3-6(5-8)4-7(9)10/h3-8H,1-2H3;6H,2-5,8H2,1H3,(H,9,10)/t;6-/m.1/s1. The average molecular weight is 265 g/mol. The van der Waals surface area contributed by atoms with E-state index in [1.165, 1.54) is 5.56 Å². The van der Waals surface area contributed by atoms with Crippen molar-refractivity contribution in [2.45, 2.75) is 46.0 Å². The summed E-state index contributed by atoms with van der Waals surface area (Å²) in [5.74, 6) is 0.0811. The molecule has 0 radical (unpaired) electrons.